The number of aromatic nitrogens is 4. The second kappa shape index (κ2) is 7.87. The third kappa shape index (κ3) is 3.87. The van der Waals surface area contributed by atoms with Gasteiger partial charge in [-0.3, -0.25) is 9.59 Å². The first-order chi connectivity index (χ1) is 13.5. The molecule has 0 radical (unpaired) electrons. The number of anilines is 1. The lowest BCUT2D eigenvalue weighted by atomic mass is 9.89. The number of hydrogen-bond acceptors (Lipinski definition) is 4. The number of nitrogens with one attached hydrogen (secondary N) is 1. The van der Waals surface area contributed by atoms with E-state index >= 15 is 0 Å². The van der Waals surface area contributed by atoms with Gasteiger partial charge < -0.3 is 9.88 Å². The SMILES string of the molecule is Cc1cc(=O)n2nc(C3CCCCC3)nc2n1CC(=O)Nc1ccc(Br)cc1. The van der Waals surface area contributed by atoms with Gasteiger partial charge in [-0.15, -0.1) is 5.10 Å². The molecule has 146 valence electrons. The Kier molecular flexibility index (Phi) is 5.30. The number of carbonyl (C=O) groups excluding carboxylic acids is 1. The molecule has 4 rings (SSSR count). The molecular weight excluding hydrogens is 422 g/mol. The summed E-state index contributed by atoms with van der Waals surface area (Å²) in [6, 6.07) is 8.89. The first-order valence-electron chi connectivity index (χ1n) is 9.54. The molecule has 0 atom stereocenters. The predicted octanol–water partition coefficient (Wildman–Crippen LogP) is 3.65. The Hall–Kier alpha value is -2.48. The zero-order valence-electron chi connectivity index (χ0n) is 15.7. The number of rotatable bonds is 4. The fourth-order valence-corrected chi connectivity index (χ4v) is 3.99. The fourth-order valence-electron chi connectivity index (χ4n) is 3.72. The second-order valence-electron chi connectivity index (χ2n) is 7.28. The smallest absolute Gasteiger partial charge is 0.275 e. The molecule has 1 aromatic carbocycles. The minimum atomic E-state index is -0.216. The average molecular weight is 444 g/mol. The maximum Gasteiger partial charge on any atom is 0.275 e. The Morgan fingerprint density at radius 3 is 2.64 bits per heavy atom. The molecule has 1 aliphatic rings. The highest BCUT2D eigenvalue weighted by Gasteiger charge is 2.22. The molecule has 0 unspecified atom stereocenters. The summed E-state index contributed by atoms with van der Waals surface area (Å²) < 4.78 is 4.01. The first kappa shape index (κ1) is 18.9. The molecule has 1 N–H and O–H groups in total. The van der Waals surface area contributed by atoms with Gasteiger partial charge in [0.2, 0.25) is 11.7 Å². The van der Waals surface area contributed by atoms with E-state index in [1.807, 2.05) is 31.2 Å². The Bertz CT molecular complexity index is 1060. The third-order valence-electron chi connectivity index (χ3n) is 5.21. The highest BCUT2D eigenvalue weighted by molar-refractivity contribution is 9.10. The van der Waals surface area contributed by atoms with Gasteiger partial charge in [-0.1, -0.05) is 35.2 Å². The van der Waals surface area contributed by atoms with E-state index in [4.69, 9.17) is 0 Å². The Morgan fingerprint density at radius 1 is 1.21 bits per heavy atom. The van der Waals surface area contributed by atoms with Gasteiger partial charge in [-0.2, -0.15) is 9.50 Å². The van der Waals surface area contributed by atoms with Crippen LogP contribution >= 0.6 is 15.9 Å². The molecule has 1 saturated carbocycles. The van der Waals surface area contributed by atoms with Gasteiger partial charge in [0.1, 0.15) is 6.54 Å². The second-order valence-corrected chi connectivity index (χ2v) is 8.20. The van der Waals surface area contributed by atoms with E-state index in [-0.39, 0.29) is 18.0 Å². The lowest BCUT2D eigenvalue weighted by Gasteiger charge is -2.17. The average Bonchev–Trinajstić information content (AvgIpc) is 3.14. The summed E-state index contributed by atoms with van der Waals surface area (Å²) in [5, 5.41) is 7.35. The third-order valence-corrected chi connectivity index (χ3v) is 5.74. The first-order valence-corrected chi connectivity index (χ1v) is 10.3. The highest BCUT2D eigenvalue weighted by atomic mass is 79.9. The number of nitrogens with zero attached hydrogens (tertiary/aromatic N) is 4. The van der Waals surface area contributed by atoms with E-state index in [0.29, 0.717) is 28.9 Å². The topological polar surface area (TPSA) is 81.3 Å². The summed E-state index contributed by atoms with van der Waals surface area (Å²) in [4.78, 5) is 29.6. The summed E-state index contributed by atoms with van der Waals surface area (Å²) in [5.41, 5.74) is 1.19. The van der Waals surface area contributed by atoms with Gasteiger partial charge in [0, 0.05) is 27.8 Å². The van der Waals surface area contributed by atoms with Crippen LogP contribution in [0.5, 0.6) is 0 Å². The molecule has 8 heteroatoms. The summed E-state index contributed by atoms with van der Waals surface area (Å²) >= 11 is 3.38. The van der Waals surface area contributed by atoms with Gasteiger partial charge in [0.15, 0.2) is 5.82 Å². The van der Waals surface area contributed by atoms with Crippen LogP contribution in [-0.2, 0) is 11.3 Å². The molecule has 7 nitrogen and oxygen atoms in total. The van der Waals surface area contributed by atoms with Crippen LogP contribution < -0.4 is 10.9 Å². The normalized spacial score (nSPS) is 15.1. The van der Waals surface area contributed by atoms with Gasteiger partial charge in [-0.25, -0.2) is 0 Å². The molecule has 1 aliphatic carbocycles. The van der Waals surface area contributed by atoms with Crippen molar-refractivity contribution in [1.29, 1.82) is 0 Å². The standard InChI is InChI=1S/C20H22BrN5O2/c1-13-11-18(28)26-20(23-19(24-26)14-5-3-2-4-6-14)25(13)12-17(27)22-16-9-7-15(21)8-10-16/h7-11,14H,2-6,12H2,1H3,(H,22,27). The zero-order chi connectivity index (χ0) is 19.7. The minimum Gasteiger partial charge on any atom is -0.325 e. The summed E-state index contributed by atoms with van der Waals surface area (Å²) in [5.74, 6) is 1.25. The zero-order valence-corrected chi connectivity index (χ0v) is 17.3. The molecule has 2 heterocycles. The van der Waals surface area contributed by atoms with Gasteiger partial charge in [0.25, 0.3) is 5.56 Å². The number of fused-ring (bicyclic) bond motifs is 1. The van der Waals surface area contributed by atoms with Gasteiger partial charge in [0.05, 0.1) is 0 Å². The predicted molar refractivity (Wildman–Crippen MR) is 111 cm³/mol. The number of halogens is 1. The van der Waals surface area contributed by atoms with Crippen molar-refractivity contribution in [2.75, 3.05) is 5.32 Å². The highest BCUT2D eigenvalue weighted by Crippen LogP contribution is 2.30. The molecule has 0 spiro atoms. The largest absolute Gasteiger partial charge is 0.325 e. The molecule has 3 aromatic rings. The van der Waals surface area contributed by atoms with Crippen LogP contribution in [0.15, 0.2) is 39.6 Å². The van der Waals surface area contributed by atoms with Crippen molar-refractivity contribution in [2.24, 2.45) is 0 Å². The van der Waals surface area contributed by atoms with Crippen molar-refractivity contribution in [2.45, 2.75) is 51.5 Å². The molecule has 0 aliphatic heterocycles. The van der Waals surface area contributed by atoms with E-state index in [1.165, 1.54) is 29.8 Å². The lowest BCUT2D eigenvalue weighted by Crippen LogP contribution is -2.25. The molecule has 0 bridgehead atoms. The van der Waals surface area contributed by atoms with Crippen molar-refractivity contribution in [1.82, 2.24) is 19.2 Å². The Balaban J connectivity index is 1.63. The van der Waals surface area contributed by atoms with E-state index in [9.17, 15) is 9.59 Å². The van der Waals surface area contributed by atoms with E-state index < -0.39 is 0 Å². The number of aryl methyl sites for hydroxylation is 1. The summed E-state index contributed by atoms with van der Waals surface area (Å²) in [6.45, 7) is 1.87. The lowest BCUT2D eigenvalue weighted by molar-refractivity contribution is -0.116. The number of carbonyl (C=O) groups is 1. The van der Waals surface area contributed by atoms with Crippen molar-refractivity contribution in [3.8, 4) is 0 Å². The Labute approximate surface area is 170 Å². The number of amides is 1. The quantitative estimate of drug-likeness (QED) is 0.666. The van der Waals surface area contributed by atoms with Crippen molar-refractivity contribution < 1.29 is 4.79 Å². The maximum atomic E-state index is 12.6. The number of hydrogen-bond donors (Lipinski definition) is 1. The molecule has 0 saturated heterocycles. The van der Waals surface area contributed by atoms with E-state index in [0.717, 1.165) is 17.3 Å². The van der Waals surface area contributed by atoms with Gasteiger partial charge >= 0.3 is 0 Å². The van der Waals surface area contributed by atoms with Crippen molar-refractivity contribution in [3.63, 3.8) is 0 Å². The molecular formula is C20H22BrN5O2. The van der Waals surface area contributed by atoms with Gasteiger partial charge in [-0.05, 0) is 44.0 Å². The van der Waals surface area contributed by atoms with Crippen molar-refractivity contribution in [3.05, 3.63) is 56.7 Å². The summed E-state index contributed by atoms with van der Waals surface area (Å²) in [6.07, 6.45) is 5.67. The number of benzene rings is 1. The van der Waals surface area contributed by atoms with Crippen LogP contribution in [-0.4, -0.2) is 25.1 Å². The summed E-state index contributed by atoms with van der Waals surface area (Å²) in [7, 11) is 0. The monoisotopic (exact) mass is 443 g/mol. The maximum absolute atomic E-state index is 12.6. The van der Waals surface area contributed by atoms with Crippen LogP contribution in [0.25, 0.3) is 5.78 Å². The van der Waals surface area contributed by atoms with Crippen LogP contribution in [0.3, 0.4) is 0 Å². The van der Waals surface area contributed by atoms with E-state index in [2.05, 4.69) is 31.3 Å². The molecule has 1 fully saturated rings. The fraction of sp³-hybridized carbons (Fsp3) is 0.400. The van der Waals surface area contributed by atoms with Crippen LogP contribution in [0, 0.1) is 6.92 Å². The molecule has 28 heavy (non-hydrogen) atoms. The van der Waals surface area contributed by atoms with Crippen molar-refractivity contribution >= 4 is 33.3 Å². The minimum absolute atomic E-state index is 0.0640. The Morgan fingerprint density at radius 2 is 1.93 bits per heavy atom. The molecule has 2 aromatic heterocycles. The van der Waals surface area contributed by atoms with E-state index in [1.54, 1.807) is 4.57 Å². The van der Waals surface area contributed by atoms with Crippen LogP contribution in [0.2, 0.25) is 0 Å². The van der Waals surface area contributed by atoms with Crippen LogP contribution in [0.1, 0.15) is 49.5 Å². The molecule has 1 amide bonds. The van der Waals surface area contributed by atoms with Crippen LogP contribution in [0.4, 0.5) is 5.69 Å².